The average Bonchev–Trinajstić information content (AvgIpc) is 2.89. The molecule has 0 bridgehead atoms. The highest BCUT2D eigenvalue weighted by atomic mass is 14.2. The topological polar surface area (TPSA) is 0 Å². The van der Waals surface area contributed by atoms with Crippen molar-refractivity contribution in [1.82, 2.24) is 0 Å². The summed E-state index contributed by atoms with van der Waals surface area (Å²) in [4.78, 5) is 0. The van der Waals surface area contributed by atoms with E-state index in [1.807, 2.05) is 0 Å². The summed E-state index contributed by atoms with van der Waals surface area (Å²) in [5.41, 5.74) is 11.4. The fourth-order valence-corrected chi connectivity index (χ4v) is 4.43. The summed E-state index contributed by atoms with van der Waals surface area (Å²) in [6.45, 7) is 6.77. The Balaban J connectivity index is 1.47. The summed E-state index contributed by atoms with van der Waals surface area (Å²) in [5, 5.41) is 0. The molecule has 0 aliphatic heterocycles. The van der Waals surface area contributed by atoms with Gasteiger partial charge in [-0.05, 0) is 73.7 Å². The molecular formula is C34H30. The Bertz CT molecular complexity index is 1400. The maximum Gasteiger partial charge on any atom is -0.0132 e. The van der Waals surface area contributed by atoms with Crippen LogP contribution in [0.3, 0.4) is 0 Å². The van der Waals surface area contributed by atoms with Gasteiger partial charge in [0.05, 0.1) is 0 Å². The first kappa shape index (κ1) is 21.9. The van der Waals surface area contributed by atoms with Gasteiger partial charge in [0.25, 0.3) is 0 Å². The van der Waals surface area contributed by atoms with Crippen molar-refractivity contribution in [3.8, 4) is 44.5 Å². The van der Waals surface area contributed by atoms with Crippen molar-refractivity contribution in [2.24, 2.45) is 0 Å². The molecule has 5 aromatic rings. The molecule has 166 valence electrons. The van der Waals surface area contributed by atoms with Crippen molar-refractivity contribution in [2.45, 2.75) is 26.2 Å². The highest BCUT2D eigenvalue weighted by Crippen LogP contribution is 2.32. The van der Waals surface area contributed by atoms with Gasteiger partial charge in [0.15, 0.2) is 0 Å². The molecular weight excluding hydrogens is 408 g/mol. The lowest BCUT2D eigenvalue weighted by Crippen LogP contribution is -2.10. The van der Waals surface area contributed by atoms with Crippen molar-refractivity contribution in [1.29, 1.82) is 0 Å². The molecule has 34 heavy (non-hydrogen) atoms. The molecule has 0 radical (unpaired) electrons. The Labute approximate surface area is 203 Å². The Morgan fingerprint density at radius 1 is 0.324 bits per heavy atom. The van der Waals surface area contributed by atoms with Crippen molar-refractivity contribution >= 4 is 0 Å². The summed E-state index contributed by atoms with van der Waals surface area (Å²) < 4.78 is 0. The van der Waals surface area contributed by atoms with E-state index in [-0.39, 0.29) is 5.41 Å². The maximum atomic E-state index is 2.30. The Morgan fingerprint density at radius 3 is 1.03 bits per heavy atom. The van der Waals surface area contributed by atoms with E-state index in [9.17, 15) is 0 Å². The van der Waals surface area contributed by atoms with Crippen LogP contribution in [0.2, 0.25) is 0 Å². The van der Waals surface area contributed by atoms with Gasteiger partial charge < -0.3 is 0 Å². The molecule has 0 heteroatoms. The van der Waals surface area contributed by atoms with Crippen molar-refractivity contribution < 1.29 is 0 Å². The molecule has 0 atom stereocenters. The summed E-state index contributed by atoms with van der Waals surface area (Å²) in [6.07, 6.45) is 0. The van der Waals surface area contributed by atoms with E-state index < -0.39 is 0 Å². The zero-order valence-corrected chi connectivity index (χ0v) is 20.1. The zero-order valence-electron chi connectivity index (χ0n) is 20.1. The zero-order chi connectivity index (χ0) is 23.5. The average molecular weight is 439 g/mol. The molecule has 5 rings (SSSR count). The van der Waals surface area contributed by atoms with Crippen LogP contribution >= 0.6 is 0 Å². The fraction of sp³-hybridized carbons (Fsp3) is 0.118. The van der Waals surface area contributed by atoms with E-state index >= 15 is 0 Å². The minimum atomic E-state index is 0.165. The predicted molar refractivity (Wildman–Crippen MR) is 147 cm³/mol. The predicted octanol–water partition coefficient (Wildman–Crippen LogP) is 9.65. The number of hydrogen-bond acceptors (Lipinski definition) is 0. The van der Waals surface area contributed by atoms with E-state index in [2.05, 4.69) is 148 Å². The summed E-state index contributed by atoms with van der Waals surface area (Å²) in [6, 6.07) is 46.1. The van der Waals surface area contributed by atoms with Crippen LogP contribution in [-0.2, 0) is 5.41 Å². The molecule has 0 aromatic heterocycles. The first-order chi connectivity index (χ1) is 16.5. The van der Waals surface area contributed by atoms with Gasteiger partial charge in [-0.3, -0.25) is 0 Å². The second-order valence-corrected chi connectivity index (χ2v) is 9.94. The molecule has 5 aromatic carbocycles. The first-order valence-electron chi connectivity index (χ1n) is 11.9. The minimum Gasteiger partial charge on any atom is -0.0622 e. The molecule has 0 nitrogen and oxygen atoms in total. The lowest BCUT2D eigenvalue weighted by Gasteiger charge is -2.19. The highest BCUT2D eigenvalue weighted by molar-refractivity contribution is 5.79. The third-order valence-corrected chi connectivity index (χ3v) is 6.45. The molecule has 0 N–H and O–H groups in total. The van der Waals surface area contributed by atoms with Gasteiger partial charge in [-0.1, -0.05) is 130 Å². The quantitative estimate of drug-likeness (QED) is 0.262. The molecule has 0 saturated carbocycles. The summed E-state index contributed by atoms with van der Waals surface area (Å²) in [5.74, 6) is 0. The smallest absolute Gasteiger partial charge is 0.0132 e. The van der Waals surface area contributed by atoms with Crippen LogP contribution < -0.4 is 0 Å². The number of hydrogen-bond donors (Lipinski definition) is 0. The largest absolute Gasteiger partial charge is 0.0622 e. The van der Waals surface area contributed by atoms with E-state index in [1.54, 1.807) is 0 Å². The second-order valence-electron chi connectivity index (χ2n) is 9.94. The lowest BCUT2D eigenvalue weighted by molar-refractivity contribution is 0.590. The molecule has 0 saturated heterocycles. The molecule has 0 spiro atoms. The monoisotopic (exact) mass is 438 g/mol. The van der Waals surface area contributed by atoms with Gasteiger partial charge in [-0.15, -0.1) is 0 Å². The van der Waals surface area contributed by atoms with E-state index in [4.69, 9.17) is 0 Å². The fourth-order valence-electron chi connectivity index (χ4n) is 4.43. The minimum absolute atomic E-state index is 0.165. The van der Waals surface area contributed by atoms with Crippen molar-refractivity contribution in [2.75, 3.05) is 0 Å². The normalized spacial score (nSPS) is 11.4. The second kappa shape index (κ2) is 9.15. The molecule has 0 aliphatic rings. The maximum absolute atomic E-state index is 2.30. The molecule has 0 aliphatic carbocycles. The van der Waals surface area contributed by atoms with E-state index in [0.29, 0.717) is 0 Å². The van der Waals surface area contributed by atoms with Gasteiger partial charge in [-0.2, -0.15) is 0 Å². The lowest BCUT2D eigenvalue weighted by atomic mass is 9.86. The van der Waals surface area contributed by atoms with Crippen LogP contribution in [0, 0.1) is 0 Å². The van der Waals surface area contributed by atoms with Crippen LogP contribution in [0.15, 0.2) is 127 Å². The third kappa shape index (κ3) is 4.72. The Kier molecular flexibility index (Phi) is 5.90. The van der Waals surface area contributed by atoms with Gasteiger partial charge in [0, 0.05) is 0 Å². The van der Waals surface area contributed by atoms with Crippen LogP contribution in [0.1, 0.15) is 26.3 Å². The molecule has 0 unspecified atom stereocenters. The van der Waals surface area contributed by atoms with Gasteiger partial charge in [-0.25, -0.2) is 0 Å². The van der Waals surface area contributed by atoms with Crippen LogP contribution in [0.5, 0.6) is 0 Å². The SMILES string of the molecule is CC(C)(C)c1ccc(-c2cccc(-c3cccc(-c4cccc(-c5ccccc5)c4)c3)c2)cc1. The van der Waals surface area contributed by atoms with E-state index in [1.165, 1.54) is 50.1 Å². The third-order valence-electron chi connectivity index (χ3n) is 6.45. The molecule has 0 heterocycles. The summed E-state index contributed by atoms with van der Waals surface area (Å²) in [7, 11) is 0. The van der Waals surface area contributed by atoms with Crippen LogP contribution in [0.4, 0.5) is 0 Å². The van der Waals surface area contributed by atoms with Crippen molar-refractivity contribution in [3.05, 3.63) is 133 Å². The first-order valence-corrected chi connectivity index (χ1v) is 11.9. The highest BCUT2D eigenvalue weighted by Gasteiger charge is 2.13. The van der Waals surface area contributed by atoms with E-state index in [0.717, 1.165) is 0 Å². The molecule has 0 fully saturated rings. The van der Waals surface area contributed by atoms with Crippen molar-refractivity contribution in [3.63, 3.8) is 0 Å². The Morgan fingerprint density at radius 2 is 0.647 bits per heavy atom. The van der Waals surface area contributed by atoms with Gasteiger partial charge in [0.2, 0.25) is 0 Å². The number of rotatable bonds is 4. The van der Waals surface area contributed by atoms with Crippen LogP contribution in [0.25, 0.3) is 44.5 Å². The standard InChI is InChI=1S/C34H30/c1-34(2,3)33-20-18-26(19-21-33)28-13-8-15-30(23-28)32-17-9-16-31(24-32)29-14-7-12-27(22-29)25-10-5-4-6-11-25/h4-24H,1-3H3. The number of benzene rings is 5. The summed E-state index contributed by atoms with van der Waals surface area (Å²) >= 11 is 0. The Hall–Kier alpha value is -3.90. The molecule has 0 amide bonds. The van der Waals surface area contributed by atoms with Gasteiger partial charge in [0.1, 0.15) is 0 Å². The van der Waals surface area contributed by atoms with Gasteiger partial charge >= 0.3 is 0 Å². The van der Waals surface area contributed by atoms with Crippen LogP contribution in [-0.4, -0.2) is 0 Å².